The molecule has 17 heavy (non-hydrogen) atoms. The van der Waals surface area contributed by atoms with Gasteiger partial charge < -0.3 is 4.90 Å². The molecule has 1 fully saturated rings. The van der Waals surface area contributed by atoms with Crippen LogP contribution in [-0.2, 0) is 16.6 Å². The Morgan fingerprint density at radius 1 is 1.24 bits per heavy atom. The van der Waals surface area contributed by atoms with Gasteiger partial charge in [-0.2, -0.15) is 4.31 Å². The first-order valence-corrected chi connectivity index (χ1v) is 7.34. The summed E-state index contributed by atoms with van der Waals surface area (Å²) in [6, 6.07) is 8.00. The number of hydrogen-bond acceptors (Lipinski definition) is 3. The summed E-state index contributed by atoms with van der Waals surface area (Å²) in [4.78, 5) is 2.02. The van der Waals surface area contributed by atoms with Crippen molar-refractivity contribution in [2.75, 3.05) is 31.3 Å². The number of hydrogen-bond donors (Lipinski definition) is 0. The van der Waals surface area contributed by atoms with Crippen molar-refractivity contribution in [2.24, 2.45) is 0 Å². The standard InChI is InChI=1S/C12H18N2O2S/c1-13(2)12-6-4-11(5-7-12)10-14-8-3-9-17(14,15)16/h4-7H,3,8-10H2,1-2H3. The highest BCUT2D eigenvalue weighted by atomic mass is 32.2. The maximum Gasteiger partial charge on any atom is 0.214 e. The second-order valence-corrected chi connectivity index (χ2v) is 6.65. The van der Waals surface area contributed by atoms with Gasteiger partial charge in [0.2, 0.25) is 10.0 Å². The molecule has 0 unspecified atom stereocenters. The average Bonchev–Trinajstić information content (AvgIpc) is 2.59. The zero-order chi connectivity index (χ0) is 12.5. The third-order valence-electron chi connectivity index (χ3n) is 3.01. The molecule has 0 N–H and O–H groups in total. The van der Waals surface area contributed by atoms with Gasteiger partial charge in [-0.05, 0) is 24.1 Å². The van der Waals surface area contributed by atoms with Crippen LogP contribution in [-0.4, -0.2) is 39.1 Å². The van der Waals surface area contributed by atoms with E-state index in [4.69, 9.17) is 0 Å². The van der Waals surface area contributed by atoms with Gasteiger partial charge in [0.1, 0.15) is 0 Å². The van der Waals surface area contributed by atoms with Crippen LogP contribution in [0.5, 0.6) is 0 Å². The highest BCUT2D eigenvalue weighted by Crippen LogP contribution is 2.19. The van der Waals surface area contributed by atoms with E-state index in [0.717, 1.165) is 17.7 Å². The minimum absolute atomic E-state index is 0.294. The monoisotopic (exact) mass is 254 g/mol. The van der Waals surface area contributed by atoms with Gasteiger partial charge in [0, 0.05) is 32.9 Å². The molecule has 94 valence electrons. The first-order chi connectivity index (χ1) is 7.99. The van der Waals surface area contributed by atoms with Crippen LogP contribution in [0.25, 0.3) is 0 Å². The summed E-state index contributed by atoms with van der Waals surface area (Å²) in [6.45, 7) is 1.15. The van der Waals surface area contributed by atoms with E-state index in [-0.39, 0.29) is 0 Å². The molecular weight excluding hydrogens is 236 g/mol. The molecular formula is C12H18N2O2S. The van der Waals surface area contributed by atoms with Gasteiger partial charge in [0.25, 0.3) is 0 Å². The minimum Gasteiger partial charge on any atom is -0.378 e. The van der Waals surface area contributed by atoms with Gasteiger partial charge in [0.05, 0.1) is 5.75 Å². The second-order valence-electron chi connectivity index (χ2n) is 4.56. The Kier molecular flexibility index (Phi) is 3.40. The molecule has 0 spiro atoms. The molecule has 0 atom stereocenters. The number of anilines is 1. The molecule has 1 aliphatic heterocycles. The lowest BCUT2D eigenvalue weighted by atomic mass is 10.2. The lowest BCUT2D eigenvalue weighted by Gasteiger charge is -2.16. The number of rotatable bonds is 3. The van der Waals surface area contributed by atoms with Crippen LogP contribution < -0.4 is 4.90 Å². The van der Waals surface area contributed by atoms with Crippen molar-refractivity contribution in [1.82, 2.24) is 4.31 Å². The fraction of sp³-hybridized carbons (Fsp3) is 0.500. The minimum atomic E-state index is -2.99. The molecule has 1 aromatic carbocycles. The molecule has 1 heterocycles. The first-order valence-electron chi connectivity index (χ1n) is 5.73. The van der Waals surface area contributed by atoms with Crippen molar-refractivity contribution in [3.63, 3.8) is 0 Å². The number of nitrogens with zero attached hydrogens (tertiary/aromatic N) is 2. The maximum absolute atomic E-state index is 11.7. The molecule has 0 amide bonds. The largest absolute Gasteiger partial charge is 0.378 e. The van der Waals surface area contributed by atoms with Gasteiger partial charge in [-0.15, -0.1) is 0 Å². The molecule has 5 heteroatoms. The first kappa shape index (κ1) is 12.4. The van der Waals surface area contributed by atoms with Crippen LogP contribution in [0.4, 0.5) is 5.69 Å². The Labute approximate surface area is 103 Å². The molecule has 2 rings (SSSR count). The summed E-state index contributed by atoms with van der Waals surface area (Å²) in [6.07, 6.45) is 0.748. The van der Waals surface area contributed by atoms with Crippen molar-refractivity contribution in [2.45, 2.75) is 13.0 Å². The Bertz CT molecular complexity index is 480. The summed E-state index contributed by atoms with van der Waals surface area (Å²) in [5, 5.41) is 0. The zero-order valence-electron chi connectivity index (χ0n) is 10.3. The van der Waals surface area contributed by atoms with Gasteiger partial charge in [0.15, 0.2) is 0 Å². The molecule has 1 aromatic rings. The summed E-state index contributed by atoms with van der Waals surface area (Å²) in [5.41, 5.74) is 2.17. The molecule has 1 saturated heterocycles. The number of benzene rings is 1. The predicted octanol–water partition coefficient (Wildman–Crippen LogP) is 1.29. The second kappa shape index (κ2) is 4.66. The number of sulfonamides is 1. The smallest absolute Gasteiger partial charge is 0.214 e. The maximum atomic E-state index is 11.7. The summed E-state index contributed by atoms with van der Waals surface area (Å²) < 4.78 is 24.9. The van der Waals surface area contributed by atoms with Crippen LogP contribution in [0.15, 0.2) is 24.3 Å². The lowest BCUT2D eigenvalue weighted by molar-refractivity contribution is 0.440. The molecule has 0 aliphatic carbocycles. The highest BCUT2D eigenvalue weighted by molar-refractivity contribution is 7.89. The third-order valence-corrected chi connectivity index (χ3v) is 4.92. The van der Waals surface area contributed by atoms with Gasteiger partial charge in [-0.1, -0.05) is 12.1 Å². The normalized spacial score (nSPS) is 19.4. The van der Waals surface area contributed by atoms with Crippen molar-refractivity contribution in [3.05, 3.63) is 29.8 Å². The molecule has 0 aromatic heterocycles. The molecule has 0 radical (unpaired) electrons. The van der Waals surface area contributed by atoms with Gasteiger partial charge in [-0.25, -0.2) is 8.42 Å². The van der Waals surface area contributed by atoms with Gasteiger partial charge >= 0.3 is 0 Å². The highest BCUT2D eigenvalue weighted by Gasteiger charge is 2.27. The Morgan fingerprint density at radius 3 is 2.35 bits per heavy atom. The topological polar surface area (TPSA) is 40.6 Å². The van der Waals surface area contributed by atoms with Crippen molar-refractivity contribution >= 4 is 15.7 Å². The Balaban J connectivity index is 2.09. The quantitative estimate of drug-likeness (QED) is 0.816. The van der Waals surface area contributed by atoms with E-state index in [0.29, 0.717) is 18.8 Å². The lowest BCUT2D eigenvalue weighted by Crippen LogP contribution is -2.25. The van der Waals surface area contributed by atoms with Crippen LogP contribution in [0.3, 0.4) is 0 Å². The van der Waals surface area contributed by atoms with Crippen LogP contribution in [0.1, 0.15) is 12.0 Å². The van der Waals surface area contributed by atoms with Gasteiger partial charge in [-0.3, -0.25) is 0 Å². The summed E-state index contributed by atoms with van der Waals surface area (Å²) in [7, 11) is 0.983. The third kappa shape index (κ3) is 2.79. The van der Waals surface area contributed by atoms with Crippen LogP contribution >= 0.6 is 0 Å². The van der Waals surface area contributed by atoms with Crippen molar-refractivity contribution < 1.29 is 8.42 Å². The zero-order valence-corrected chi connectivity index (χ0v) is 11.1. The molecule has 4 nitrogen and oxygen atoms in total. The van der Waals surface area contributed by atoms with Crippen LogP contribution in [0.2, 0.25) is 0 Å². The van der Waals surface area contributed by atoms with E-state index in [9.17, 15) is 8.42 Å². The van der Waals surface area contributed by atoms with Crippen LogP contribution in [0, 0.1) is 0 Å². The fourth-order valence-corrected chi connectivity index (χ4v) is 3.48. The summed E-state index contributed by atoms with van der Waals surface area (Å²) in [5.74, 6) is 0.294. The Hall–Kier alpha value is -1.07. The van der Waals surface area contributed by atoms with E-state index in [1.807, 2.05) is 43.3 Å². The molecule has 0 saturated carbocycles. The predicted molar refractivity (Wildman–Crippen MR) is 69.6 cm³/mol. The van der Waals surface area contributed by atoms with E-state index >= 15 is 0 Å². The van der Waals surface area contributed by atoms with Crippen molar-refractivity contribution in [1.29, 1.82) is 0 Å². The van der Waals surface area contributed by atoms with E-state index in [1.54, 1.807) is 4.31 Å². The molecule has 1 aliphatic rings. The fourth-order valence-electron chi connectivity index (χ4n) is 1.97. The summed E-state index contributed by atoms with van der Waals surface area (Å²) >= 11 is 0. The van der Waals surface area contributed by atoms with E-state index < -0.39 is 10.0 Å². The Morgan fingerprint density at radius 2 is 1.88 bits per heavy atom. The average molecular weight is 254 g/mol. The van der Waals surface area contributed by atoms with E-state index in [1.165, 1.54) is 0 Å². The molecule has 0 bridgehead atoms. The van der Waals surface area contributed by atoms with E-state index in [2.05, 4.69) is 0 Å². The van der Waals surface area contributed by atoms with Crippen molar-refractivity contribution in [3.8, 4) is 0 Å². The SMILES string of the molecule is CN(C)c1ccc(CN2CCCS2(=O)=O)cc1.